The third kappa shape index (κ3) is 5.20. The zero-order valence-corrected chi connectivity index (χ0v) is 19.9. The van der Waals surface area contributed by atoms with Gasteiger partial charge in [0.25, 0.3) is 0 Å². The number of anilines is 1. The maximum absolute atomic E-state index is 13.0. The van der Waals surface area contributed by atoms with Gasteiger partial charge in [0.15, 0.2) is 11.6 Å². The number of aromatic nitrogens is 3. The molecule has 0 saturated carbocycles. The van der Waals surface area contributed by atoms with Gasteiger partial charge in [-0.05, 0) is 77.7 Å². The van der Waals surface area contributed by atoms with Crippen LogP contribution in [0.15, 0.2) is 91.4 Å². The van der Waals surface area contributed by atoms with Crippen molar-refractivity contribution in [3.05, 3.63) is 103 Å². The Morgan fingerprint density at radius 3 is 2.56 bits per heavy atom. The van der Waals surface area contributed by atoms with Crippen LogP contribution in [0.25, 0.3) is 22.2 Å². The number of hydrogen-bond acceptors (Lipinski definition) is 5. The maximum atomic E-state index is 13.0. The molecule has 0 saturated heterocycles. The van der Waals surface area contributed by atoms with Gasteiger partial charge in [-0.2, -0.15) is 0 Å². The number of ether oxygens (including phenoxy) is 2. The number of carbonyl (C=O) groups excluding carboxylic acids is 1. The molecule has 0 aliphatic carbocycles. The van der Waals surface area contributed by atoms with Crippen molar-refractivity contribution in [3.63, 3.8) is 0 Å². The molecule has 5 rings (SSSR count). The van der Waals surface area contributed by atoms with Gasteiger partial charge in [0.05, 0.1) is 7.11 Å². The van der Waals surface area contributed by atoms with Crippen molar-refractivity contribution in [1.29, 1.82) is 0 Å². The highest BCUT2D eigenvalue weighted by molar-refractivity contribution is 5.94. The maximum Gasteiger partial charge on any atom is 0.225 e. The van der Waals surface area contributed by atoms with Crippen molar-refractivity contribution in [1.82, 2.24) is 15.0 Å². The Kier molecular flexibility index (Phi) is 6.89. The lowest BCUT2D eigenvalue weighted by molar-refractivity contribution is -0.116. The van der Waals surface area contributed by atoms with Crippen LogP contribution in [0.5, 0.6) is 11.5 Å². The summed E-state index contributed by atoms with van der Waals surface area (Å²) in [5.41, 5.74) is 5.16. The van der Waals surface area contributed by atoms with E-state index < -0.39 is 0 Å². The molecule has 0 aliphatic heterocycles. The van der Waals surface area contributed by atoms with E-state index in [9.17, 15) is 4.79 Å². The summed E-state index contributed by atoms with van der Waals surface area (Å²) in [5, 5.41) is 4.02. The Labute approximate surface area is 209 Å². The smallest absolute Gasteiger partial charge is 0.225 e. The molecule has 0 bridgehead atoms. The Morgan fingerprint density at radius 2 is 1.75 bits per heavy atom. The van der Waals surface area contributed by atoms with Crippen LogP contribution in [0.1, 0.15) is 17.5 Å². The zero-order valence-electron chi connectivity index (χ0n) is 19.9. The molecule has 0 aliphatic rings. The summed E-state index contributed by atoms with van der Waals surface area (Å²) >= 11 is 0. The van der Waals surface area contributed by atoms with Crippen molar-refractivity contribution >= 4 is 22.6 Å². The van der Waals surface area contributed by atoms with E-state index in [1.807, 2.05) is 54.6 Å². The van der Waals surface area contributed by atoms with Gasteiger partial charge in [0.2, 0.25) is 5.91 Å². The molecular formula is C29H26N4O3. The topological polar surface area (TPSA) is 89.1 Å². The molecule has 180 valence electrons. The van der Waals surface area contributed by atoms with Gasteiger partial charge >= 0.3 is 0 Å². The minimum absolute atomic E-state index is 0.131. The van der Waals surface area contributed by atoms with E-state index in [4.69, 9.17) is 9.47 Å². The predicted molar refractivity (Wildman–Crippen MR) is 140 cm³/mol. The van der Waals surface area contributed by atoms with Crippen LogP contribution in [0.4, 0.5) is 5.82 Å². The summed E-state index contributed by atoms with van der Waals surface area (Å²) in [6.07, 6.45) is 5.93. The Morgan fingerprint density at radius 1 is 0.944 bits per heavy atom. The second-order valence-corrected chi connectivity index (χ2v) is 8.30. The number of nitrogens with zero attached hydrogens (tertiary/aromatic N) is 2. The lowest BCUT2D eigenvalue weighted by Crippen LogP contribution is -2.14. The molecule has 0 fully saturated rings. The molecular weight excluding hydrogens is 452 g/mol. The van der Waals surface area contributed by atoms with Crippen molar-refractivity contribution in [2.45, 2.75) is 19.4 Å². The van der Waals surface area contributed by atoms with Crippen LogP contribution >= 0.6 is 0 Å². The molecule has 2 aromatic carbocycles. The van der Waals surface area contributed by atoms with Crippen LogP contribution < -0.4 is 14.8 Å². The fourth-order valence-electron chi connectivity index (χ4n) is 4.14. The largest absolute Gasteiger partial charge is 0.497 e. The number of aryl methyl sites for hydroxylation is 1. The SMILES string of the molecule is COc1ccc(-c2[nH]c3ccccc3c2CCC(=O)Nc2ncccc2OCc2ccncc2)cc1. The summed E-state index contributed by atoms with van der Waals surface area (Å²) in [4.78, 5) is 24.8. The number of rotatable bonds is 9. The summed E-state index contributed by atoms with van der Waals surface area (Å²) in [6, 6.07) is 23.4. The summed E-state index contributed by atoms with van der Waals surface area (Å²) in [7, 11) is 1.65. The van der Waals surface area contributed by atoms with Gasteiger partial charge in [-0.25, -0.2) is 4.98 Å². The monoisotopic (exact) mass is 478 g/mol. The molecule has 0 spiro atoms. The zero-order chi connectivity index (χ0) is 24.7. The molecule has 5 aromatic rings. The number of benzene rings is 2. The highest BCUT2D eigenvalue weighted by Crippen LogP contribution is 2.32. The molecule has 7 heteroatoms. The molecule has 0 atom stereocenters. The van der Waals surface area contributed by atoms with Crippen molar-refractivity contribution < 1.29 is 14.3 Å². The van der Waals surface area contributed by atoms with Gasteiger partial charge in [-0.15, -0.1) is 0 Å². The van der Waals surface area contributed by atoms with Crippen molar-refractivity contribution in [2.75, 3.05) is 12.4 Å². The number of fused-ring (bicyclic) bond motifs is 1. The first-order valence-corrected chi connectivity index (χ1v) is 11.7. The lowest BCUT2D eigenvalue weighted by Gasteiger charge is -2.12. The molecule has 7 nitrogen and oxygen atoms in total. The molecule has 0 unspecified atom stereocenters. The number of H-pyrrole nitrogens is 1. The number of nitrogens with one attached hydrogen (secondary N) is 2. The molecule has 2 N–H and O–H groups in total. The predicted octanol–water partition coefficient (Wildman–Crippen LogP) is 5.78. The van der Waals surface area contributed by atoms with Gasteiger partial charge in [0.1, 0.15) is 12.4 Å². The van der Waals surface area contributed by atoms with Gasteiger partial charge in [0, 0.05) is 41.6 Å². The van der Waals surface area contributed by atoms with E-state index in [1.165, 1.54) is 0 Å². The number of aromatic amines is 1. The van der Waals surface area contributed by atoms with Crippen LogP contribution in [0, 0.1) is 0 Å². The average molecular weight is 479 g/mol. The van der Waals surface area contributed by atoms with Crippen molar-refractivity contribution in [2.24, 2.45) is 0 Å². The van der Waals surface area contributed by atoms with E-state index in [0.29, 0.717) is 31.0 Å². The first-order chi connectivity index (χ1) is 17.7. The van der Waals surface area contributed by atoms with Crippen LogP contribution in [0.2, 0.25) is 0 Å². The normalized spacial score (nSPS) is 10.8. The summed E-state index contributed by atoms with van der Waals surface area (Å²) in [6.45, 7) is 0.359. The Bertz CT molecular complexity index is 1460. The molecule has 3 heterocycles. The minimum atomic E-state index is -0.131. The molecule has 1 amide bonds. The second kappa shape index (κ2) is 10.7. The van der Waals surface area contributed by atoms with E-state index >= 15 is 0 Å². The fourth-order valence-corrected chi connectivity index (χ4v) is 4.14. The number of pyridine rings is 2. The quantitative estimate of drug-likeness (QED) is 0.280. The van der Waals surface area contributed by atoms with Crippen LogP contribution in [-0.2, 0) is 17.8 Å². The lowest BCUT2D eigenvalue weighted by atomic mass is 10.0. The third-order valence-electron chi connectivity index (χ3n) is 5.97. The van der Waals surface area contributed by atoms with E-state index in [2.05, 4.69) is 26.3 Å². The van der Waals surface area contributed by atoms with Crippen molar-refractivity contribution in [3.8, 4) is 22.8 Å². The Balaban J connectivity index is 1.31. The molecule has 3 aromatic heterocycles. The number of hydrogen-bond donors (Lipinski definition) is 2. The van der Waals surface area contributed by atoms with Crippen LogP contribution in [-0.4, -0.2) is 28.0 Å². The third-order valence-corrected chi connectivity index (χ3v) is 5.97. The van der Waals surface area contributed by atoms with E-state index in [0.717, 1.165) is 39.0 Å². The number of methoxy groups -OCH3 is 1. The van der Waals surface area contributed by atoms with Gasteiger partial charge in [-0.3, -0.25) is 9.78 Å². The summed E-state index contributed by atoms with van der Waals surface area (Å²) < 4.78 is 11.2. The standard InChI is InChI=1S/C29H26N4O3/c1-35-22-10-8-21(9-11-22)28-24(23-5-2-3-6-25(23)32-28)12-13-27(34)33-29-26(7-4-16-31-29)36-19-20-14-17-30-18-15-20/h2-11,14-18,32H,12-13,19H2,1H3,(H,31,33,34). The highest BCUT2D eigenvalue weighted by atomic mass is 16.5. The minimum Gasteiger partial charge on any atom is -0.497 e. The fraction of sp³-hybridized carbons (Fsp3) is 0.138. The van der Waals surface area contributed by atoms with Crippen LogP contribution in [0.3, 0.4) is 0 Å². The average Bonchev–Trinajstić information content (AvgIpc) is 3.30. The highest BCUT2D eigenvalue weighted by Gasteiger charge is 2.16. The number of amides is 1. The van der Waals surface area contributed by atoms with Gasteiger partial charge in [-0.1, -0.05) is 18.2 Å². The Hall–Kier alpha value is -4.65. The second-order valence-electron chi connectivity index (χ2n) is 8.30. The number of para-hydroxylation sites is 1. The van der Waals surface area contributed by atoms with Gasteiger partial charge < -0.3 is 19.8 Å². The summed E-state index contributed by atoms with van der Waals surface area (Å²) in [5.74, 6) is 1.60. The molecule has 36 heavy (non-hydrogen) atoms. The molecule has 0 radical (unpaired) electrons. The first-order valence-electron chi connectivity index (χ1n) is 11.7. The van der Waals surface area contributed by atoms with E-state index in [1.54, 1.807) is 37.8 Å². The first kappa shape index (κ1) is 23.1. The number of carbonyl (C=O) groups is 1. The van der Waals surface area contributed by atoms with E-state index in [-0.39, 0.29) is 5.91 Å².